The van der Waals surface area contributed by atoms with Gasteiger partial charge in [0.2, 0.25) is 11.8 Å². The van der Waals surface area contributed by atoms with Gasteiger partial charge in [0.15, 0.2) is 6.29 Å². The predicted molar refractivity (Wildman–Crippen MR) is 175 cm³/mol. The molecule has 1 fully saturated rings. The first-order valence-corrected chi connectivity index (χ1v) is 15.2. The van der Waals surface area contributed by atoms with Crippen LogP contribution < -0.4 is 15.6 Å². The highest BCUT2D eigenvalue weighted by Gasteiger charge is 2.27. The van der Waals surface area contributed by atoms with Gasteiger partial charge in [0.05, 0.1) is 41.2 Å². The Bertz CT molecular complexity index is 2120. The number of fused-ring (bicyclic) bond motifs is 1. The van der Waals surface area contributed by atoms with Crippen molar-refractivity contribution < 1.29 is 24.2 Å². The standard InChI is InChI=1S/C33H26Cl2N6O6/c1-47-31-26(16-40(33(45)46)15-20-8-9-28(43)38-20)36-14-25(39-31)24-7-3-6-23(30(24)35)22-5-2-4-21(29(22)34)18-10-11-41-27(12-18)37-13-19(17-42)32(41)44/h2-7,10-14,17,20H,8-9,15-16H2,1H3,(H,38,43)(H,45,46). The predicted octanol–water partition coefficient (Wildman–Crippen LogP) is 5.37. The molecular weight excluding hydrogens is 647 g/mol. The molecule has 1 unspecified atom stereocenters. The van der Waals surface area contributed by atoms with Crippen molar-refractivity contribution >= 4 is 47.1 Å². The van der Waals surface area contributed by atoms with E-state index in [2.05, 4.69) is 20.3 Å². The molecule has 0 saturated carbocycles. The maximum atomic E-state index is 12.5. The molecule has 0 spiro atoms. The van der Waals surface area contributed by atoms with Gasteiger partial charge in [-0.25, -0.2) is 14.8 Å². The lowest BCUT2D eigenvalue weighted by atomic mass is 9.97. The van der Waals surface area contributed by atoms with Crippen LogP contribution in [-0.4, -0.2) is 67.3 Å². The molecule has 0 bridgehead atoms. The van der Waals surface area contributed by atoms with Crippen molar-refractivity contribution in [3.8, 4) is 39.4 Å². The Morgan fingerprint density at radius 3 is 2.43 bits per heavy atom. The summed E-state index contributed by atoms with van der Waals surface area (Å²) in [6, 6.07) is 14.1. The lowest BCUT2D eigenvalue weighted by molar-refractivity contribution is -0.119. The summed E-state index contributed by atoms with van der Waals surface area (Å²) in [4.78, 5) is 61.7. The number of hydrogen-bond donors (Lipinski definition) is 2. The first kappa shape index (κ1) is 31.6. The monoisotopic (exact) mass is 672 g/mol. The highest BCUT2D eigenvalue weighted by molar-refractivity contribution is 6.39. The van der Waals surface area contributed by atoms with Crippen LogP contribution in [0.3, 0.4) is 0 Å². The summed E-state index contributed by atoms with van der Waals surface area (Å²) in [5, 5.41) is 13.3. The molecular formula is C33H26Cl2N6O6. The third-order valence-electron chi connectivity index (χ3n) is 7.88. The van der Waals surface area contributed by atoms with Gasteiger partial charge in [-0.3, -0.25) is 23.8 Å². The van der Waals surface area contributed by atoms with Crippen molar-refractivity contribution in [2.45, 2.75) is 25.4 Å². The minimum atomic E-state index is -1.16. The number of benzene rings is 2. The van der Waals surface area contributed by atoms with Crippen LogP contribution in [0, 0.1) is 0 Å². The van der Waals surface area contributed by atoms with Crippen LogP contribution >= 0.6 is 23.2 Å². The van der Waals surface area contributed by atoms with E-state index in [0.29, 0.717) is 74.0 Å². The summed E-state index contributed by atoms with van der Waals surface area (Å²) in [7, 11) is 1.42. The molecule has 1 atom stereocenters. The minimum Gasteiger partial charge on any atom is -0.480 e. The fourth-order valence-corrected chi connectivity index (χ4v) is 6.17. The number of hydrogen-bond acceptors (Lipinski definition) is 8. The van der Waals surface area contributed by atoms with Crippen molar-refractivity contribution in [1.82, 2.24) is 29.6 Å². The number of methoxy groups -OCH3 is 1. The Labute approximate surface area is 277 Å². The molecule has 6 rings (SSSR count). The Morgan fingerprint density at radius 1 is 1.06 bits per heavy atom. The molecule has 1 saturated heterocycles. The van der Waals surface area contributed by atoms with Gasteiger partial charge in [-0.15, -0.1) is 0 Å². The van der Waals surface area contributed by atoms with Gasteiger partial charge in [-0.1, -0.05) is 59.6 Å². The van der Waals surface area contributed by atoms with Crippen LogP contribution in [0.5, 0.6) is 5.88 Å². The van der Waals surface area contributed by atoms with E-state index in [1.165, 1.54) is 23.9 Å². The second kappa shape index (κ2) is 13.2. The number of halogens is 2. The summed E-state index contributed by atoms with van der Waals surface area (Å²) in [6.07, 6.45) is 4.50. The summed E-state index contributed by atoms with van der Waals surface area (Å²) < 4.78 is 6.79. The second-order valence-electron chi connectivity index (χ2n) is 10.8. The van der Waals surface area contributed by atoms with Crippen molar-refractivity contribution in [3.63, 3.8) is 0 Å². The van der Waals surface area contributed by atoms with E-state index in [1.807, 2.05) is 24.3 Å². The average Bonchev–Trinajstić information content (AvgIpc) is 3.49. The van der Waals surface area contributed by atoms with E-state index >= 15 is 0 Å². The van der Waals surface area contributed by atoms with E-state index in [-0.39, 0.29) is 36.5 Å². The normalized spacial score (nSPS) is 14.2. The fourth-order valence-electron chi connectivity index (χ4n) is 5.51. The smallest absolute Gasteiger partial charge is 0.407 e. The zero-order chi connectivity index (χ0) is 33.2. The van der Waals surface area contributed by atoms with Gasteiger partial charge >= 0.3 is 6.09 Å². The van der Waals surface area contributed by atoms with Crippen molar-refractivity contribution in [3.05, 3.63) is 98.8 Å². The van der Waals surface area contributed by atoms with Crippen LogP contribution in [0.1, 0.15) is 28.9 Å². The number of carboxylic acid groups (broad SMARTS) is 1. The highest BCUT2D eigenvalue weighted by Crippen LogP contribution is 2.42. The number of aldehydes is 1. The van der Waals surface area contributed by atoms with Gasteiger partial charge < -0.3 is 20.1 Å². The van der Waals surface area contributed by atoms with Crippen molar-refractivity contribution in [2.24, 2.45) is 0 Å². The van der Waals surface area contributed by atoms with Gasteiger partial charge in [-0.05, 0) is 24.1 Å². The quantitative estimate of drug-likeness (QED) is 0.196. The fraction of sp³-hybridized carbons (Fsp3) is 0.182. The summed E-state index contributed by atoms with van der Waals surface area (Å²) in [6.45, 7) is 0.0161. The van der Waals surface area contributed by atoms with Crippen molar-refractivity contribution in [2.75, 3.05) is 13.7 Å². The largest absolute Gasteiger partial charge is 0.480 e. The number of carbonyl (C=O) groups is 3. The molecule has 238 valence electrons. The van der Waals surface area contributed by atoms with Crippen LogP contribution in [0.25, 0.3) is 39.2 Å². The maximum Gasteiger partial charge on any atom is 0.407 e. The van der Waals surface area contributed by atoms with E-state index in [1.54, 1.807) is 30.5 Å². The Hall–Kier alpha value is -5.33. The Kier molecular flexibility index (Phi) is 8.88. The zero-order valence-corrected chi connectivity index (χ0v) is 26.3. The Morgan fingerprint density at radius 2 is 1.77 bits per heavy atom. The number of amides is 2. The van der Waals surface area contributed by atoms with Gasteiger partial charge in [0, 0.05) is 53.7 Å². The molecule has 2 aromatic carbocycles. The first-order chi connectivity index (χ1) is 22.7. The third-order valence-corrected chi connectivity index (χ3v) is 8.69. The molecule has 2 N–H and O–H groups in total. The molecule has 4 heterocycles. The molecule has 14 heteroatoms. The summed E-state index contributed by atoms with van der Waals surface area (Å²) in [5.74, 6) is 0.0308. The SMILES string of the molecule is COc1nc(-c2cccc(-c3cccc(-c4ccn5c(=O)c(C=O)cnc5c4)c3Cl)c2Cl)cnc1CN(CC1CCC(=O)N1)C(=O)O. The van der Waals surface area contributed by atoms with Crippen LogP contribution in [0.15, 0.2) is 71.9 Å². The molecule has 2 amide bonds. The van der Waals surface area contributed by atoms with E-state index in [0.717, 1.165) is 4.90 Å². The molecule has 12 nitrogen and oxygen atoms in total. The number of nitrogens with zero attached hydrogens (tertiary/aromatic N) is 5. The number of aromatic nitrogens is 4. The van der Waals surface area contributed by atoms with Crippen molar-refractivity contribution in [1.29, 1.82) is 0 Å². The molecule has 47 heavy (non-hydrogen) atoms. The van der Waals surface area contributed by atoms with Crippen LogP contribution in [0.2, 0.25) is 10.0 Å². The lowest BCUT2D eigenvalue weighted by Crippen LogP contribution is -2.41. The zero-order valence-electron chi connectivity index (χ0n) is 24.8. The van der Waals surface area contributed by atoms with Crippen LogP contribution in [-0.2, 0) is 11.3 Å². The average molecular weight is 674 g/mol. The highest BCUT2D eigenvalue weighted by atomic mass is 35.5. The van der Waals surface area contributed by atoms with Gasteiger partial charge in [0.1, 0.15) is 11.3 Å². The molecule has 5 aromatic rings. The van der Waals surface area contributed by atoms with E-state index in [4.69, 9.17) is 27.9 Å². The number of carbonyl (C=O) groups excluding carboxylic acids is 2. The number of pyridine rings is 1. The van der Waals surface area contributed by atoms with Crippen LogP contribution in [0.4, 0.5) is 4.79 Å². The van der Waals surface area contributed by atoms with E-state index in [9.17, 15) is 24.3 Å². The maximum absolute atomic E-state index is 12.5. The lowest BCUT2D eigenvalue weighted by Gasteiger charge is -2.23. The summed E-state index contributed by atoms with van der Waals surface area (Å²) in [5.41, 5.74) is 3.74. The summed E-state index contributed by atoms with van der Waals surface area (Å²) >= 11 is 13.9. The Balaban J connectivity index is 1.32. The molecule has 1 aliphatic heterocycles. The minimum absolute atomic E-state index is 0.0420. The van der Waals surface area contributed by atoms with Gasteiger partial charge in [-0.2, -0.15) is 0 Å². The van der Waals surface area contributed by atoms with E-state index < -0.39 is 11.7 Å². The third kappa shape index (κ3) is 6.25. The number of ether oxygens (including phenoxy) is 1. The molecule has 3 aromatic heterocycles. The molecule has 0 radical (unpaired) electrons. The molecule has 1 aliphatic rings. The number of rotatable bonds is 9. The molecule has 0 aliphatic carbocycles. The van der Waals surface area contributed by atoms with Gasteiger partial charge in [0.25, 0.3) is 5.56 Å². The number of nitrogens with one attached hydrogen (secondary N) is 1. The second-order valence-corrected chi connectivity index (χ2v) is 11.5. The topological polar surface area (TPSA) is 156 Å². The first-order valence-electron chi connectivity index (χ1n) is 14.4.